The van der Waals surface area contributed by atoms with Crippen LogP contribution in [-0.2, 0) is 17.8 Å². The molecule has 1 amide bonds. The van der Waals surface area contributed by atoms with Gasteiger partial charge in [-0.25, -0.2) is 4.98 Å². The zero-order valence-electron chi connectivity index (χ0n) is 13.1. The Bertz CT molecular complexity index is 464. The van der Waals surface area contributed by atoms with Crippen molar-refractivity contribution in [2.45, 2.75) is 64.5 Å². The monoisotopic (exact) mass is 293 g/mol. The fourth-order valence-corrected chi connectivity index (χ4v) is 3.22. The van der Waals surface area contributed by atoms with Gasteiger partial charge in [-0.3, -0.25) is 4.79 Å². The van der Waals surface area contributed by atoms with E-state index in [0.717, 1.165) is 50.8 Å². The van der Waals surface area contributed by atoms with Gasteiger partial charge in [-0.1, -0.05) is 26.7 Å². The van der Waals surface area contributed by atoms with Crippen molar-refractivity contribution in [3.63, 3.8) is 0 Å². The molecule has 2 N–H and O–H groups in total. The number of amides is 1. The smallest absolute Gasteiger partial charge is 0.223 e. The van der Waals surface area contributed by atoms with Crippen LogP contribution < -0.4 is 5.32 Å². The van der Waals surface area contributed by atoms with Crippen LogP contribution in [0.3, 0.4) is 0 Å². The van der Waals surface area contributed by atoms with Gasteiger partial charge in [0.05, 0.1) is 11.9 Å². The predicted molar refractivity (Wildman–Crippen MR) is 81.8 cm³/mol. The second-order valence-corrected chi connectivity index (χ2v) is 6.21. The van der Waals surface area contributed by atoms with Crippen LogP contribution in [0.4, 0.5) is 0 Å². The summed E-state index contributed by atoms with van der Waals surface area (Å²) in [6, 6.07) is 0. The minimum atomic E-state index is -0.754. The summed E-state index contributed by atoms with van der Waals surface area (Å²) in [6.45, 7) is 5.33. The summed E-state index contributed by atoms with van der Waals surface area (Å²) in [4.78, 5) is 16.5. The molecule has 0 radical (unpaired) electrons. The molecule has 0 aliphatic carbocycles. The minimum Gasteiger partial charge on any atom is -0.388 e. The summed E-state index contributed by atoms with van der Waals surface area (Å²) in [6.07, 6.45) is 8.57. The zero-order valence-corrected chi connectivity index (χ0v) is 13.1. The number of carbonyl (C=O) groups is 1. The van der Waals surface area contributed by atoms with Crippen LogP contribution in [0.5, 0.6) is 0 Å². The molecule has 0 aromatic carbocycles. The second kappa shape index (κ2) is 7.07. The van der Waals surface area contributed by atoms with E-state index in [1.807, 2.05) is 12.5 Å². The number of aryl methyl sites for hydroxylation is 1. The van der Waals surface area contributed by atoms with Gasteiger partial charge in [0.25, 0.3) is 0 Å². The van der Waals surface area contributed by atoms with Crippen molar-refractivity contribution < 1.29 is 9.90 Å². The molecule has 118 valence electrons. The summed E-state index contributed by atoms with van der Waals surface area (Å²) >= 11 is 0. The van der Waals surface area contributed by atoms with E-state index < -0.39 is 5.60 Å². The van der Waals surface area contributed by atoms with Crippen molar-refractivity contribution in [3.05, 3.63) is 18.2 Å². The number of carbonyl (C=O) groups excluding carboxylic acids is 1. The summed E-state index contributed by atoms with van der Waals surface area (Å²) in [7, 11) is 0. The molecule has 0 bridgehead atoms. The lowest BCUT2D eigenvalue weighted by molar-refractivity contribution is -0.127. The Hall–Kier alpha value is -1.36. The molecule has 1 aromatic rings. The molecule has 1 aliphatic rings. The van der Waals surface area contributed by atoms with E-state index in [1.165, 1.54) is 0 Å². The molecule has 2 heterocycles. The van der Waals surface area contributed by atoms with Crippen LogP contribution in [-0.4, -0.2) is 32.7 Å². The Morgan fingerprint density at radius 2 is 2.19 bits per heavy atom. The van der Waals surface area contributed by atoms with E-state index in [-0.39, 0.29) is 11.8 Å². The number of rotatable bonds is 7. The maximum Gasteiger partial charge on any atom is 0.223 e. The van der Waals surface area contributed by atoms with Crippen LogP contribution in [0.15, 0.2) is 12.5 Å². The number of aromatic nitrogens is 2. The molecule has 1 atom stereocenters. The molecule has 0 fully saturated rings. The van der Waals surface area contributed by atoms with Gasteiger partial charge < -0.3 is 15.0 Å². The van der Waals surface area contributed by atoms with Gasteiger partial charge >= 0.3 is 0 Å². The molecule has 2 rings (SSSR count). The molecule has 0 saturated carbocycles. The number of nitrogens with zero attached hydrogens (tertiary/aromatic N) is 2. The third-order valence-corrected chi connectivity index (χ3v) is 4.37. The third kappa shape index (κ3) is 4.06. The van der Waals surface area contributed by atoms with E-state index in [0.29, 0.717) is 6.54 Å². The third-order valence-electron chi connectivity index (χ3n) is 4.37. The lowest BCUT2D eigenvalue weighted by Crippen LogP contribution is -2.45. The second-order valence-electron chi connectivity index (χ2n) is 6.21. The highest BCUT2D eigenvalue weighted by Crippen LogP contribution is 2.22. The van der Waals surface area contributed by atoms with Crippen molar-refractivity contribution in [3.8, 4) is 0 Å². The maximum absolute atomic E-state index is 12.3. The first-order chi connectivity index (χ1) is 10.1. The molecule has 0 spiro atoms. The topological polar surface area (TPSA) is 67.2 Å². The Morgan fingerprint density at radius 3 is 2.86 bits per heavy atom. The van der Waals surface area contributed by atoms with Gasteiger partial charge in [-0.2, -0.15) is 0 Å². The lowest BCUT2D eigenvalue weighted by Gasteiger charge is -2.29. The van der Waals surface area contributed by atoms with Gasteiger partial charge in [-0.05, 0) is 19.3 Å². The van der Waals surface area contributed by atoms with E-state index in [4.69, 9.17) is 0 Å². The Kier molecular flexibility index (Phi) is 5.39. The van der Waals surface area contributed by atoms with E-state index in [2.05, 4.69) is 28.7 Å². The van der Waals surface area contributed by atoms with Crippen molar-refractivity contribution >= 4 is 5.91 Å². The van der Waals surface area contributed by atoms with Crippen LogP contribution in [0, 0.1) is 5.92 Å². The summed E-state index contributed by atoms with van der Waals surface area (Å²) in [5.74, 6) is 0.0646. The zero-order chi connectivity index (χ0) is 15.3. The number of hydrogen-bond acceptors (Lipinski definition) is 3. The minimum absolute atomic E-state index is 0.00158. The lowest BCUT2D eigenvalue weighted by atomic mass is 9.91. The highest BCUT2D eigenvalue weighted by atomic mass is 16.3. The molecular weight excluding hydrogens is 266 g/mol. The van der Waals surface area contributed by atoms with Gasteiger partial charge in [0.2, 0.25) is 5.91 Å². The summed E-state index contributed by atoms with van der Waals surface area (Å²) in [5, 5.41) is 13.5. The SMILES string of the molecule is CCCC(O)(CCC)CNC(=O)C1CCn2cncc2C1. The predicted octanol–water partition coefficient (Wildman–Crippen LogP) is 1.89. The summed E-state index contributed by atoms with van der Waals surface area (Å²) < 4.78 is 2.11. The molecule has 1 aliphatic heterocycles. The Labute approximate surface area is 126 Å². The van der Waals surface area contributed by atoms with Crippen molar-refractivity contribution in [1.82, 2.24) is 14.9 Å². The fourth-order valence-electron chi connectivity index (χ4n) is 3.22. The number of hydrogen-bond donors (Lipinski definition) is 2. The normalized spacial score (nSPS) is 18.3. The highest BCUT2D eigenvalue weighted by molar-refractivity contribution is 5.79. The standard InChI is InChI=1S/C16H27N3O2/c1-3-6-16(21,7-4-2)11-18-15(20)13-5-8-19-12-17-10-14(19)9-13/h10,12-13,21H,3-9,11H2,1-2H3,(H,18,20). The highest BCUT2D eigenvalue weighted by Gasteiger charge is 2.29. The molecule has 0 saturated heterocycles. The van der Waals surface area contributed by atoms with Crippen molar-refractivity contribution in [2.24, 2.45) is 5.92 Å². The molecular formula is C16H27N3O2. The van der Waals surface area contributed by atoms with Crippen molar-refractivity contribution in [1.29, 1.82) is 0 Å². The quantitative estimate of drug-likeness (QED) is 0.807. The largest absolute Gasteiger partial charge is 0.388 e. The Balaban J connectivity index is 1.87. The number of imidazole rings is 1. The van der Waals surface area contributed by atoms with E-state index in [1.54, 1.807) is 0 Å². The van der Waals surface area contributed by atoms with Crippen LogP contribution in [0.2, 0.25) is 0 Å². The van der Waals surface area contributed by atoms with E-state index >= 15 is 0 Å². The number of nitrogens with one attached hydrogen (secondary N) is 1. The van der Waals surface area contributed by atoms with E-state index in [9.17, 15) is 9.90 Å². The van der Waals surface area contributed by atoms with Gasteiger partial charge in [0.15, 0.2) is 0 Å². The number of fused-ring (bicyclic) bond motifs is 1. The molecule has 21 heavy (non-hydrogen) atoms. The first kappa shape index (κ1) is 16.0. The first-order valence-electron chi connectivity index (χ1n) is 8.07. The molecule has 1 aromatic heterocycles. The van der Waals surface area contributed by atoms with Gasteiger partial charge in [0.1, 0.15) is 0 Å². The molecule has 5 heteroatoms. The van der Waals surface area contributed by atoms with Crippen molar-refractivity contribution in [2.75, 3.05) is 6.54 Å². The average Bonchev–Trinajstić information content (AvgIpc) is 2.92. The van der Waals surface area contributed by atoms with Crippen LogP contribution >= 0.6 is 0 Å². The average molecular weight is 293 g/mol. The van der Waals surface area contributed by atoms with Crippen LogP contribution in [0.1, 0.15) is 51.6 Å². The number of aliphatic hydroxyl groups is 1. The Morgan fingerprint density at radius 1 is 1.48 bits per heavy atom. The maximum atomic E-state index is 12.3. The first-order valence-corrected chi connectivity index (χ1v) is 8.07. The van der Waals surface area contributed by atoms with Gasteiger partial charge in [0, 0.05) is 37.3 Å². The fraction of sp³-hybridized carbons (Fsp3) is 0.750. The molecule has 5 nitrogen and oxygen atoms in total. The molecule has 1 unspecified atom stereocenters. The van der Waals surface area contributed by atoms with Crippen LogP contribution in [0.25, 0.3) is 0 Å². The summed E-state index contributed by atoms with van der Waals surface area (Å²) in [5.41, 5.74) is 0.370. The van der Waals surface area contributed by atoms with Gasteiger partial charge in [-0.15, -0.1) is 0 Å².